The van der Waals surface area contributed by atoms with E-state index in [1.807, 2.05) is 52.0 Å². The van der Waals surface area contributed by atoms with Crippen molar-refractivity contribution in [3.05, 3.63) is 184 Å². The van der Waals surface area contributed by atoms with Crippen LogP contribution in [-0.2, 0) is 43.2 Å². The van der Waals surface area contributed by atoms with Crippen molar-refractivity contribution >= 4 is 0 Å². The van der Waals surface area contributed by atoms with Crippen LogP contribution in [0.3, 0.4) is 0 Å². The molecule has 0 aliphatic carbocycles. The quantitative estimate of drug-likeness (QED) is 0.0373. The molecule has 10 rings (SSSR count). The molecule has 2 unspecified atom stereocenters. The second-order valence-electron chi connectivity index (χ2n) is 24.1. The van der Waals surface area contributed by atoms with E-state index in [1.54, 1.807) is 24.3 Å². The summed E-state index contributed by atoms with van der Waals surface area (Å²) >= 11 is 0. The van der Waals surface area contributed by atoms with Crippen LogP contribution in [0.5, 0.6) is 34.5 Å². The van der Waals surface area contributed by atoms with Crippen LogP contribution >= 0.6 is 0 Å². The summed E-state index contributed by atoms with van der Waals surface area (Å²) in [4.78, 5) is 2.22. The smallest absolute Gasteiger partial charge is 0.573 e. The second kappa shape index (κ2) is 32.2. The molecule has 16 nitrogen and oxygen atoms in total. The summed E-state index contributed by atoms with van der Waals surface area (Å²) in [6, 6.07) is 33.9. The first kappa shape index (κ1) is 78.7. The standard InChI is InChI=1S/C33H35F6NO7.C33H35F6NO6.CH4O.2FH/c1-30(2)44-21-29(45-30)20-43-26-9-3-22(4-10-26)19-40(42)17-15-25(16-18-40)31(41,23-5-11-27(12-6-23)46-32(34,35)36)24-7-13-28(14-8-24)47-33(37,38)39;1-30(2)43-21-29(44-30)20-42-26-9-3-22(4-10-26)19-40-17-15-25(16-18-40)31(41,23-5-11-27(12-6-23)45-32(34,35)36)24-7-13-28(14-8-24)46-33(37,38)39;1-2;;/h3-14,25,29,41H,15-21H2,1-2H3;3-14,25,29,41H,15-21H2,1-2H3;2H,1H3;2*1H. The number of hydrogen-bond donors (Lipinski definition) is 3. The lowest BCUT2D eigenvalue weighted by atomic mass is 9.72. The maximum absolute atomic E-state index is 13.8. The predicted molar refractivity (Wildman–Crippen MR) is 323 cm³/mol. The number of alkyl halides is 12. The number of quaternary nitrogens is 1. The number of aliphatic hydroxyl groups excluding tert-OH is 1. The summed E-state index contributed by atoms with van der Waals surface area (Å²) in [5, 5.41) is 45.2. The highest BCUT2D eigenvalue weighted by Crippen LogP contribution is 2.47. The maximum atomic E-state index is 13.8. The number of hydrogen-bond acceptors (Lipinski definition) is 15. The Morgan fingerprint density at radius 1 is 0.443 bits per heavy atom. The molecule has 97 heavy (non-hydrogen) atoms. The fraction of sp³-hybridized carbons (Fsp3) is 0.463. The van der Waals surface area contributed by atoms with Gasteiger partial charge in [-0.3, -0.25) is 14.3 Å². The molecular weight excluding hydrogens is 1320 g/mol. The largest absolute Gasteiger partial charge is 0.633 e. The van der Waals surface area contributed by atoms with Crippen LogP contribution in [0.15, 0.2) is 146 Å². The molecule has 2 atom stereocenters. The molecule has 4 saturated heterocycles. The van der Waals surface area contributed by atoms with Crippen LogP contribution in [0.4, 0.5) is 62.1 Å². The summed E-state index contributed by atoms with van der Waals surface area (Å²) in [6.07, 6.45) is -18.5. The molecule has 536 valence electrons. The summed E-state index contributed by atoms with van der Waals surface area (Å²) in [7, 11) is 1.00. The number of aliphatic hydroxyl groups is 3. The van der Waals surface area contributed by atoms with Crippen molar-refractivity contribution in [1.82, 2.24) is 4.90 Å². The third kappa shape index (κ3) is 22.6. The van der Waals surface area contributed by atoms with Gasteiger partial charge in [-0.1, -0.05) is 60.7 Å². The van der Waals surface area contributed by atoms with Crippen molar-refractivity contribution in [3.63, 3.8) is 0 Å². The minimum Gasteiger partial charge on any atom is -0.633 e. The van der Waals surface area contributed by atoms with Gasteiger partial charge in [0.25, 0.3) is 0 Å². The summed E-state index contributed by atoms with van der Waals surface area (Å²) in [5.74, 6) is -2.85. The molecule has 6 aromatic rings. The molecule has 4 heterocycles. The van der Waals surface area contributed by atoms with Crippen LogP contribution in [0, 0.1) is 17.0 Å². The molecular formula is C67H76F14N2O14. The van der Waals surface area contributed by atoms with E-state index < -0.39 is 87.7 Å². The first-order valence-corrected chi connectivity index (χ1v) is 30.2. The van der Waals surface area contributed by atoms with Crippen molar-refractivity contribution < 1.29 is 129 Å². The second-order valence-corrected chi connectivity index (χ2v) is 24.1. The predicted octanol–water partition coefficient (Wildman–Crippen LogP) is 14.3. The lowest BCUT2D eigenvalue weighted by Gasteiger charge is -2.50. The molecule has 0 amide bonds. The zero-order valence-corrected chi connectivity index (χ0v) is 53.1. The Labute approximate surface area is 549 Å². The van der Waals surface area contributed by atoms with Crippen molar-refractivity contribution in [1.29, 1.82) is 0 Å². The lowest BCUT2D eigenvalue weighted by Crippen LogP contribution is -2.51. The number of rotatable bonds is 20. The number of halogens is 14. The Morgan fingerprint density at radius 2 is 0.722 bits per heavy atom. The van der Waals surface area contributed by atoms with Gasteiger partial charge < -0.3 is 72.5 Å². The van der Waals surface area contributed by atoms with E-state index in [-0.39, 0.29) is 65.2 Å². The van der Waals surface area contributed by atoms with Gasteiger partial charge in [0.15, 0.2) is 11.6 Å². The van der Waals surface area contributed by atoms with Gasteiger partial charge in [-0.2, -0.15) is 0 Å². The molecule has 30 heteroatoms. The van der Waals surface area contributed by atoms with Crippen molar-refractivity contribution in [3.8, 4) is 34.5 Å². The number of benzene rings is 6. The SMILES string of the molecule is CC1(C)OCC(COc2ccc(CN3CCC(C(O)(c4ccc(OC(F)(F)F)cc4)c4ccc(OC(F)(F)F)cc4)CC3)cc2)O1.CC1(C)OCC(COc2ccc(C[N+]3([O-])CCC(C(O)(c4ccc(OC(F)(F)F)cc4)c4ccc(OC(F)(F)F)cc4)CC3)cc2)O1.CO.F.F. The molecule has 3 N–H and O–H groups in total. The molecule has 0 aromatic heterocycles. The molecule has 6 aromatic carbocycles. The third-order valence-electron chi connectivity index (χ3n) is 16.4. The molecule has 0 spiro atoms. The Kier molecular flexibility index (Phi) is 26.1. The number of likely N-dealkylation sites (tertiary alicyclic amines) is 2. The molecule has 0 bridgehead atoms. The molecule has 0 saturated carbocycles. The Balaban J connectivity index is 0.000000293. The minimum atomic E-state index is -4.92. The Bertz CT molecular complexity index is 3230. The first-order chi connectivity index (χ1) is 44.5. The van der Waals surface area contributed by atoms with Crippen LogP contribution in [0.2, 0.25) is 0 Å². The zero-order valence-electron chi connectivity index (χ0n) is 53.1. The Morgan fingerprint density at radius 3 is 1.00 bits per heavy atom. The van der Waals surface area contributed by atoms with Crippen LogP contribution in [-0.4, -0.2) is 134 Å². The molecule has 4 aliphatic heterocycles. The normalized spacial score (nSPS) is 20.7. The van der Waals surface area contributed by atoms with E-state index in [9.17, 15) is 68.1 Å². The summed E-state index contributed by atoms with van der Waals surface area (Å²) in [5.41, 5.74) is -0.742. The average molecular weight is 1400 g/mol. The van der Waals surface area contributed by atoms with E-state index in [0.717, 1.165) is 66.8 Å². The van der Waals surface area contributed by atoms with E-state index >= 15 is 0 Å². The van der Waals surface area contributed by atoms with Crippen LogP contribution in [0.25, 0.3) is 0 Å². The number of piperidine rings is 2. The maximum Gasteiger partial charge on any atom is 0.573 e. The average Bonchev–Trinajstić information content (AvgIpc) is 1.59. The van der Waals surface area contributed by atoms with Gasteiger partial charge in [-0.05, 0) is 172 Å². The lowest BCUT2D eigenvalue weighted by molar-refractivity contribution is -0.900. The van der Waals surface area contributed by atoms with Gasteiger partial charge in [0, 0.05) is 38.0 Å². The highest BCUT2D eigenvalue weighted by atomic mass is 19.4. The van der Waals surface area contributed by atoms with E-state index in [0.29, 0.717) is 81.5 Å². The monoisotopic (exact) mass is 1400 g/mol. The van der Waals surface area contributed by atoms with Crippen molar-refractivity contribution in [2.24, 2.45) is 11.8 Å². The highest BCUT2D eigenvalue weighted by Gasteiger charge is 2.46. The topological polar surface area (TPSA) is 179 Å². The van der Waals surface area contributed by atoms with Crippen LogP contribution < -0.4 is 28.4 Å². The minimum absolute atomic E-state index is 0. The molecule has 4 fully saturated rings. The fourth-order valence-corrected chi connectivity index (χ4v) is 12.1. The van der Waals surface area contributed by atoms with Gasteiger partial charge in [0.1, 0.15) is 77.7 Å². The van der Waals surface area contributed by atoms with Gasteiger partial charge in [0.2, 0.25) is 0 Å². The van der Waals surface area contributed by atoms with Gasteiger partial charge in [-0.25, -0.2) is 0 Å². The van der Waals surface area contributed by atoms with Gasteiger partial charge in [-0.15, -0.1) is 52.7 Å². The van der Waals surface area contributed by atoms with E-state index in [1.165, 1.54) is 48.5 Å². The highest BCUT2D eigenvalue weighted by molar-refractivity contribution is 5.44. The first-order valence-electron chi connectivity index (χ1n) is 30.2. The summed E-state index contributed by atoms with van der Waals surface area (Å²) < 4.78 is 202. The third-order valence-corrected chi connectivity index (χ3v) is 16.4. The van der Waals surface area contributed by atoms with Gasteiger partial charge >= 0.3 is 25.4 Å². The van der Waals surface area contributed by atoms with Crippen LogP contribution in [0.1, 0.15) is 86.8 Å². The zero-order chi connectivity index (χ0) is 69.3. The fourth-order valence-electron chi connectivity index (χ4n) is 12.1. The van der Waals surface area contributed by atoms with Crippen molar-refractivity contribution in [2.75, 3.05) is 59.7 Å². The van der Waals surface area contributed by atoms with E-state index in [2.05, 4.69) is 23.8 Å². The number of nitrogens with zero attached hydrogens (tertiary/aromatic N) is 2. The van der Waals surface area contributed by atoms with Crippen molar-refractivity contribution in [2.45, 2.75) is 127 Å². The van der Waals surface area contributed by atoms with E-state index in [4.69, 9.17) is 33.5 Å². The number of ether oxygens (including phenoxy) is 10. The molecule has 4 aliphatic rings. The van der Waals surface area contributed by atoms with Gasteiger partial charge in [0.05, 0.1) is 26.3 Å². The number of hydroxylamine groups is 3. The summed E-state index contributed by atoms with van der Waals surface area (Å²) in [6.45, 7) is 11.2. The molecule has 0 radical (unpaired) electrons. The Hall–Kier alpha value is -7.26.